The monoisotopic (exact) mass is 227 g/mol. The molecule has 6 heteroatoms. The lowest BCUT2D eigenvalue weighted by molar-refractivity contribution is -0.385. The lowest BCUT2D eigenvalue weighted by Crippen LogP contribution is -2.12. The van der Waals surface area contributed by atoms with Crippen LogP contribution in [0.15, 0.2) is 18.2 Å². The van der Waals surface area contributed by atoms with Crippen molar-refractivity contribution < 1.29 is 18.8 Å². The quantitative estimate of drug-likeness (QED) is 0.450. The second-order valence-electron chi connectivity index (χ2n) is 3.21. The number of hydrogen-bond acceptors (Lipinski definition) is 4. The van der Waals surface area contributed by atoms with E-state index in [1.165, 1.54) is 20.1 Å². The molecule has 0 heterocycles. The Labute approximate surface area is 91.0 Å². The van der Waals surface area contributed by atoms with Crippen molar-refractivity contribution in [2.75, 3.05) is 7.11 Å². The van der Waals surface area contributed by atoms with E-state index in [2.05, 4.69) is 4.74 Å². The minimum absolute atomic E-state index is 0.0810. The minimum Gasteiger partial charge on any atom is -0.469 e. The van der Waals surface area contributed by atoms with Crippen LogP contribution in [0.3, 0.4) is 0 Å². The van der Waals surface area contributed by atoms with Gasteiger partial charge in [-0.1, -0.05) is 0 Å². The Balaban J connectivity index is 3.08. The summed E-state index contributed by atoms with van der Waals surface area (Å²) < 4.78 is 17.9. The first kappa shape index (κ1) is 12.1. The summed E-state index contributed by atoms with van der Waals surface area (Å²) in [6, 6.07) is 3.15. The summed E-state index contributed by atoms with van der Waals surface area (Å²) in [5.41, 5.74) is -0.268. The molecule has 0 aliphatic heterocycles. The van der Waals surface area contributed by atoms with Gasteiger partial charge < -0.3 is 4.74 Å². The Morgan fingerprint density at radius 2 is 2.19 bits per heavy atom. The Hall–Kier alpha value is -1.98. The van der Waals surface area contributed by atoms with Crippen LogP contribution in [0.1, 0.15) is 18.4 Å². The van der Waals surface area contributed by atoms with Crippen LogP contribution in [0.5, 0.6) is 0 Å². The number of benzene rings is 1. The van der Waals surface area contributed by atoms with E-state index in [-0.39, 0.29) is 11.3 Å². The summed E-state index contributed by atoms with van der Waals surface area (Å²) in [5.74, 6) is -2.16. The Morgan fingerprint density at radius 1 is 1.56 bits per heavy atom. The van der Waals surface area contributed by atoms with Crippen LogP contribution in [0.2, 0.25) is 0 Å². The third kappa shape index (κ3) is 2.33. The van der Waals surface area contributed by atoms with Crippen molar-refractivity contribution in [3.05, 3.63) is 39.7 Å². The largest absolute Gasteiger partial charge is 0.469 e. The number of hydrogen-bond donors (Lipinski definition) is 0. The van der Waals surface area contributed by atoms with Crippen LogP contribution >= 0.6 is 0 Å². The van der Waals surface area contributed by atoms with Gasteiger partial charge in [-0.3, -0.25) is 14.9 Å². The number of nitro groups is 1. The molecular weight excluding hydrogens is 217 g/mol. The van der Waals surface area contributed by atoms with Crippen molar-refractivity contribution in [2.24, 2.45) is 0 Å². The maximum Gasteiger partial charge on any atom is 0.312 e. The first-order valence-corrected chi connectivity index (χ1v) is 4.49. The maximum absolute atomic E-state index is 13.4. The highest BCUT2D eigenvalue weighted by atomic mass is 19.1. The number of methoxy groups -OCH3 is 1. The zero-order valence-corrected chi connectivity index (χ0v) is 8.77. The van der Waals surface area contributed by atoms with Crippen molar-refractivity contribution in [2.45, 2.75) is 12.8 Å². The molecule has 0 aliphatic carbocycles. The molecule has 0 spiro atoms. The first-order valence-electron chi connectivity index (χ1n) is 4.49. The van der Waals surface area contributed by atoms with Crippen molar-refractivity contribution >= 4 is 11.7 Å². The lowest BCUT2D eigenvalue weighted by Gasteiger charge is -2.09. The molecule has 0 fully saturated rings. The molecule has 1 rings (SSSR count). The van der Waals surface area contributed by atoms with Gasteiger partial charge in [-0.25, -0.2) is 4.39 Å². The summed E-state index contributed by atoms with van der Waals surface area (Å²) in [4.78, 5) is 20.8. The molecule has 0 saturated heterocycles. The van der Waals surface area contributed by atoms with Crippen LogP contribution in [-0.4, -0.2) is 18.0 Å². The van der Waals surface area contributed by atoms with Gasteiger partial charge in [0.05, 0.1) is 24.0 Å². The van der Waals surface area contributed by atoms with Crippen LogP contribution in [-0.2, 0) is 9.53 Å². The molecule has 1 atom stereocenters. The molecule has 0 radical (unpaired) electrons. The predicted molar refractivity (Wildman–Crippen MR) is 53.5 cm³/mol. The summed E-state index contributed by atoms with van der Waals surface area (Å²) in [6.45, 7) is 1.47. The highest BCUT2D eigenvalue weighted by Gasteiger charge is 2.21. The summed E-state index contributed by atoms with van der Waals surface area (Å²) in [7, 11) is 1.20. The second kappa shape index (κ2) is 4.69. The van der Waals surface area contributed by atoms with Gasteiger partial charge in [0.15, 0.2) is 0 Å². The number of carbonyl (C=O) groups excluding carboxylic acids is 1. The van der Waals surface area contributed by atoms with Crippen LogP contribution in [0.4, 0.5) is 10.1 Å². The molecule has 5 nitrogen and oxygen atoms in total. The molecule has 0 aromatic heterocycles. The minimum atomic E-state index is -0.786. The van der Waals surface area contributed by atoms with E-state index in [0.29, 0.717) is 0 Å². The van der Waals surface area contributed by atoms with E-state index in [1.807, 2.05) is 0 Å². The zero-order valence-electron chi connectivity index (χ0n) is 8.77. The van der Waals surface area contributed by atoms with Gasteiger partial charge in [0, 0.05) is 11.6 Å². The topological polar surface area (TPSA) is 69.4 Å². The fourth-order valence-corrected chi connectivity index (χ4v) is 1.28. The predicted octanol–water partition coefficient (Wildman–Crippen LogP) is 2.01. The number of nitrogens with zero attached hydrogens (tertiary/aromatic N) is 1. The van der Waals surface area contributed by atoms with E-state index >= 15 is 0 Å². The highest BCUT2D eigenvalue weighted by Crippen LogP contribution is 2.23. The molecule has 0 N–H and O–H groups in total. The lowest BCUT2D eigenvalue weighted by atomic mass is 10.0. The fourth-order valence-electron chi connectivity index (χ4n) is 1.28. The van der Waals surface area contributed by atoms with Crippen molar-refractivity contribution in [3.63, 3.8) is 0 Å². The SMILES string of the molecule is COC(=O)[C@H](C)c1ccc([N+](=O)[O-])cc1F. The molecule has 1 aromatic carbocycles. The zero-order chi connectivity index (χ0) is 12.3. The smallest absolute Gasteiger partial charge is 0.312 e. The van der Waals surface area contributed by atoms with Gasteiger partial charge >= 0.3 is 5.97 Å². The van der Waals surface area contributed by atoms with Gasteiger partial charge in [-0.15, -0.1) is 0 Å². The van der Waals surface area contributed by atoms with E-state index in [4.69, 9.17) is 0 Å². The molecule has 0 amide bonds. The van der Waals surface area contributed by atoms with Gasteiger partial charge in [0.25, 0.3) is 5.69 Å². The summed E-state index contributed by atoms with van der Waals surface area (Å²) in [5, 5.41) is 10.4. The van der Waals surface area contributed by atoms with E-state index in [0.717, 1.165) is 12.1 Å². The van der Waals surface area contributed by atoms with Crippen molar-refractivity contribution in [1.82, 2.24) is 0 Å². The van der Waals surface area contributed by atoms with Crippen LogP contribution in [0.25, 0.3) is 0 Å². The third-order valence-corrected chi connectivity index (χ3v) is 2.22. The average molecular weight is 227 g/mol. The standard InChI is InChI=1S/C10H10FNO4/c1-6(10(13)16-2)8-4-3-7(12(14)15)5-9(8)11/h3-6H,1-2H3/t6-/m1/s1. The van der Waals surface area contributed by atoms with E-state index in [9.17, 15) is 19.3 Å². The number of nitro benzene ring substituents is 1. The summed E-state index contributed by atoms with van der Waals surface area (Å²) in [6.07, 6.45) is 0. The second-order valence-corrected chi connectivity index (χ2v) is 3.21. The van der Waals surface area contributed by atoms with Gasteiger partial charge in [-0.2, -0.15) is 0 Å². The molecule has 0 aliphatic rings. The van der Waals surface area contributed by atoms with Crippen molar-refractivity contribution in [3.8, 4) is 0 Å². The number of non-ortho nitro benzene ring substituents is 1. The summed E-state index contributed by atoms with van der Waals surface area (Å²) >= 11 is 0. The number of esters is 1. The molecule has 0 saturated carbocycles. The van der Waals surface area contributed by atoms with Crippen LogP contribution < -0.4 is 0 Å². The van der Waals surface area contributed by atoms with Crippen LogP contribution in [0, 0.1) is 15.9 Å². The Bertz CT molecular complexity index is 433. The molecule has 16 heavy (non-hydrogen) atoms. The molecular formula is C10H10FNO4. The van der Waals surface area contributed by atoms with Gasteiger partial charge in [0.1, 0.15) is 5.82 Å². The van der Waals surface area contributed by atoms with E-state index in [1.54, 1.807) is 0 Å². The van der Waals surface area contributed by atoms with Gasteiger partial charge in [0.2, 0.25) is 0 Å². The molecule has 0 unspecified atom stereocenters. The normalized spacial score (nSPS) is 11.9. The molecule has 1 aromatic rings. The van der Waals surface area contributed by atoms with Gasteiger partial charge in [-0.05, 0) is 13.0 Å². The number of carbonyl (C=O) groups is 1. The maximum atomic E-state index is 13.4. The Morgan fingerprint density at radius 3 is 2.62 bits per heavy atom. The Kier molecular flexibility index (Phi) is 3.55. The molecule has 0 bridgehead atoms. The average Bonchev–Trinajstić information content (AvgIpc) is 2.26. The first-order chi connectivity index (χ1) is 7.47. The highest BCUT2D eigenvalue weighted by molar-refractivity contribution is 5.77. The third-order valence-electron chi connectivity index (χ3n) is 2.22. The van der Waals surface area contributed by atoms with E-state index < -0.39 is 22.6 Å². The number of halogens is 1. The molecule has 86 valence electrons. The fraction of sp³-hybridized carbons (Fsp3) is 0.300. The number of ether oxygens (including phenoxy) is 1. The number of rotatable bonds is 3. The van der Waals surface area contributed by atoms with Crippen molar-refractivity contribution in [1.29, 1.82) is 0 Å².